The van der Waals surface area contributed by atoms with Gasteiger partial charge < -0.3 is 10.5 Å². The average Bonchev–Trinajstić information content (AvgIpc) is 2.35. The largest absolute Gasteiger partial charge is 0.496 e. The number of benzene rings is 1. The van der Waals surface area contributed by atoms with Gasteiger partial charge in [-0.25, -0.2) is 0 Å². The Morgan fingerprint density at radius 2 is 1.94 bits per heavy atom. The molecule has 1 aromatic carbocycles. The van der Waals surface area contributed by atoms with Gasteiger partial charge >= 0.3 is 0 Å². The molecule has 1 unspecified atom stereocenters. The van der Waals surface area contributed by atoms with E-state index in [4.69, 9.17) is 10.5 Å². The average molecular weight is 250 g/mol. The molecule has 0 aliphatic carbocycles. The third-order valence-electron chi connectivity index (χ3n) is 3.83. The third-order valence-corrected chi connectivity index (χ3v) is 3.83. The highest BCUT2D eigenvalue weighted by atomic mass is 16.5. The van der Waals surface area contributed by atoms with Crippen LogP contribution in [0.15, 0.2) is 12.1 Å². The number of methoxy groups -OCH3 is 1. The first-order chi connectivity index (χ1) is 8.51. The standard InChI is InChI=1S/C15H26N2O/c1-11(8-9-16)17(4)10-14-6-7-15(18-5)13(3)12(14)2/h6-7,11H,8-10,16H2,1-5H3. The minimum atomic E-state index is 0.511. The van der Waals surface area contributed by atoms with Crippen LogP contribution in [0.2, 0.25) is 0 Å². The third kappa shape index (κ3) is 3.47. The Morgan fingerprint density at radius 3 is 2.50 bits per heavy atom. The molecule has 0 fully saturated rings. The van der Waals surface area contributed by atoms with E-state index in [-0.39, 0.29) is 0 Å². The summed E-state index contributed by atoms with van der Waals surface area (Å²) in [5.41, 5.74) is 9.52. The summed E-state index contributed by atoms with van der Waals surface area (Å²) in [6, 6.07) is 4.73. The second-order valence-electron chi connectivity index (χ2n) is 5.02. The number of nitrogens with zero attached hydrogens (tertiary/aromatic N) is 1. The molecule has 0 heterocycles. The minimum Gasteiger partial charge on any atom is -0.496 e. The molecule has 0 aromatic heterocycles. The van der Waals surface area contributed by atoms with Gasteiger partial charge in [-0.2, -0.15) is 0 Å². The first kappa shape index (κ1) is 15.0. The lowest BCUT2D eigenvalue weighted by Crippen LogP contribution is -2.30. The number of hydrogen-bond donors (Lipinski definition) is 1. The van der Waals surface area contributed by atoms with Crippen molar-refractivity contribution in [3.05, 3.63) is 28.8 Å². The number of ether oxygens (including phenoxy) is 1. The molecule has 0 aliphatic heterocycles. The fraction of sp³-hybridized carbons (Fsp3) is 0.600. The molecule has 102 valence electrons. The van der Waals surface area contributed by atoms with Gasteiger partial charge in [0.15, 0.2) is 0 Å². The van der Waals surface area contributed by atoms with Crippen molar-refractivity contribution in [3.63, 3.8) is 0 Å². The summed E-state index contributed by atoms with van der Waals surface area (Å²) in [5, 5.41) is 0. The van der Waals surface area contributed by atoms with Crippen molar-refractivity contribution < 1.29 is 4.74 Å². The van der Waals surface area contributed by atoms with Gasteiger partial charge in [0.1, 0.15) is 5.75 Å². The van der Waals surface area contributed by atoms with Gasteiger partial charge in [0.2, 0.25) is 0 Å². The summed E-state index contributed by atoms with van der Waals surface area (Å²) in [5.74, 6) is 0.967. The molecule has 0 aliphatic rings. The molecule has 0 radical (unpaired) electrons. The van der Waals surface area contributed by atoms with E-state index in [2.05, 4.69) is 44.9 Å². The van der Waals surface area contributed by atoms with Gasteiger partial charge in [-0.15, -0.1) is 0 Å². The molecule has 0 bridgehead atoms. The maximum Gasteiger partial charge on any atom is 0.122 e. The summed E-state index contributed by atoms with van der Waals surface area (Å²) in [7, 11) is 3.87. The van der Waals surface area contributed by atoms with Gasteiger partial charge in [0.05, 0.1) is 7.11 Å². The van der Waals surface area contributed by atoms with E-state index in [1.54, 1.807) is 7.11 Å². The van der Waals surface area contributed by atoms with Crippen LogP contribution in [0.1, 0.15) is 30.0 Å². The van der Waals surface area contributed by atoms with Crippen molar-refractivity contribution in [1.82, 2.24) is 4.90 Å². The highest BCUT2D eigenvalue weighted by molar-refractivity contribution is 5.43. The predicted octanol–water partition coefficient (Wildman–Crippen LogP) is 2.48. The van der Waals surface area contributed by atoms with Crippen molar-refractivity contribution >= 4 is 0 Å². The Hall–Kier alpha value is -1.06. The van der Waals surface area contributed by atoms with Crippen molar-refractivity contribution in [2.75, 3.05) is 20.7 Å². The monoisotopic (exact) mass is 250 g/mol. The van der Waals surface area contributed by atoms with Crippen LogP contribution in [0, 0.1) is 13.8 Å². The summed E-state index contributed by atoms with van der Waals surface area (Å²) in [4.78, 5) is 2.35. The Labute approximate surface area is 111 Å². The molecule has 1 atom stereocenters. The first-order valence-corrected chi connectivity index (χ1v) is 6.54. The van der Waals surface area contributed by atoms with Gasteiger partial charge in [-0.1, -0.05) is 6.07 Å². The van der Waals surface area contributed by atoms with Crippen molar-refractivity contribution in [2.24, 2.45) is 5.73 Å². The zero-order valence-electron chi connectivity index (χ0n) is 12.3. The molecule has 3 nitrogen and oxygen atoms in total. The van der Waals surface area contributed by atoms with Gasteiger partial charge in [0.25, 0.3) is 0 Å². The predicted molar refractivity (Wildman–Crippen MR) is 77.1 cm³/mol. The Bertz CT molecular complexity index is 390. The summed E-state index contributed by atoms with van der Waals surface area (Å²) in [6.45, 7) is 8.19. The highest BCUT2D eigenvalue weighted by Gasteiger charge is 2.12. The molecular formula is C15H26N2O. The summed E-state index contributed by atoms with van der Waals surface area (Å²) in [6.07, 6.45) is 1.03. The van der Waals surface area contributed by atoms with Gasteiger partial charge in [-0.3, -0.25) is 4.90 Å². The van der Waals surface area contributed by atoms with Crippen molar-refractivity contribution in [2.45, 2.75) is 39.8 Å². The van der Waals surface area contributed by atoms with Crippen LogP contribution in [0.5, 0.6) is 5.75 Å². The zero-order valence-corrected chi connectivity index (χ0v) is 12.3. The molecule has 18 heavy (non-hydrogen) atoms. The molecule has 2 N–H and O–H groups in total. The normalized spacial score (nSPS) is 12.8. The fourth-order valence-corrected chi connectivity index (χ4v) is 2.13. The van der Waals surface area contributed by atoms with Crippen LogP contribution < -0.4 is 10.5 Å². The molecule has 1 rings (SSSR count). The molecule has 0 spiro atoms. The fourth-order valence-electron chi connectivity index (χ4n) is 2.13. The minimum absolute atomic E-state index is 0.511. The van der Waals surface area contributed by atoms with Crippen LogP contribution in [-0.2, 0) is 6.54 Å². The van der Waals surface area contributed by atoms with Gasteiger partial charge in [0, 0.05) is 12.6 Å². The van der Waals surface area contributed by atoms with E-state index in [0.29, 0.717) is 6.04 Å². The zero-order chi connectivity index (χ0) is 13.7. The maximum atomic E-state index is 5.61. The number of hydrogen-bond acceptors (Lipinski definition) is 3. The SMILES string of the molecule is COc1ccc(CN(C)C(C)CCN)c(C)c1C. The topological polar surface area (TPSA) is 38.5 Å². The van der Waals surface area contributed by atoms with Crippen LogP contribution in [0.4, 0.5) is 0 Å². The van der Waals surface area contributed by atoms with Crippen LogP contribution in [-0.4, -0.2) is 31.6 Å². The van der Waals surface area contributed by atoms with E-state index in [9.17, 15) is 0 Å². The summed E-state index contributed by atoms with van der Waals surface area (Å²) < 4.78 is 5.34. The Balaban J connectivity index is 2.82. The van der Waals surface area contributed by atoms with E-state index < -0.39 is 0 Å². The van der Waals surface area contributed by atoms with Crippen LogP contribution >= 0.6 is 0 Å². The molecule has 3 heteroatoms. The molecule has 1 aromatic rings. The van der Waals surface area contributed by atoms with Crippen LogP contribution in [0.25, 0.3) is 0 Å². The van der Waals surface area contributed by atoms with E-state index in [1.165, 1.54) is 16.7 Å². The molecular weight excluding hydrogens is 224 g/mol. The molecule has 0 amide bonds. The van der Waals surface area contributed by atoms with E-state index >= 15 is 0 Å². The quantitative estimate of drug-likeness (QED) is 0.843. The smallest absolute Gasteiger partial charge is 0.122 e. The van der Waals surface area contributed by atoms with Gasteiger partial charge in [-0.05, 0) is 63.5 Å². The van der Waals surface area contributed by atoms with Crippen molar-refractivity contribution in [1.29, 1.82) is 0 Å². The molecule has 0 saturated carbocycles. The Morgan fingerprint density at radius 1 is 1.28 bits per heavy atom. The second-order valence-corrected chi connectivity index (χ2v) is 5.02. The Kier molecular flexibility index (Phi) is 5.63. The second kappa shape index (κ2) is 6.76. The molecule has 0 saturated heterocycles. The maximum absolute atomic E-state index is 5.61. The van der Waals surface area contributed by atoms with Crippen molar-refractivity contribution in [3.8, 4) is 5.75 Å². The first-order valence-electron chi connectivity index (χ1n) is 6.54. The number of nitrogens with two attached hydrogens (primary N) is 1. The lowest BCUT2D eigenvalue weighted by molar-refractivity contribution is 0.240. The number of rotatable bonds is 6. The summed E-state index contributed by atoms with van der Waals surface area (Å²) >= 11 is 0. The highest BCUT2D eigenvalue weighted by Crippen LogP contribution is 2.25. The lowest BCUT2D eigenvalue weighted by Gasteiger charge is -2.25. The van der Waals surface area contributed by atoms with E-state index in [1.807, 2.05) is 0 Å². The van der Waals surface area contributed by atoms with E-state index in [0.717, 1.165) is 25.3 Å². The lowest BCUT2D eigenvalue weighted by atomic mass is 10.0. The van der Waals surface area contributed by atoms with Crippen LogP contribution in [0.3, 0.4) is 0 Å².